The SMILES string of the molecule is Nc1nc(N)nc(N2C(=O)c3ccccc3C2=O)n1. The van der Waals surface area contributed by atoms with Gasteiger partial charge in [0.25, 0.3) is 11.8 Å². The monoisotopic (exact) mass is 256 g/mol. The first kappa shape index (κ1) is 11.1. The molecular weight excluding hydrogens is 248 g/mol. The van der Waals surface area contributed by atoms with Crippen molar-refractivity contribution in [2.75, 3.05) is 16.4 Å². The minimum absolute atomic E-state index is 0.154. The summed E-state index contributed by atoms with van der Waals surface area (Å²) in [7, 11) is 0. The summed E-state index contributed by atoms with van der Waals surface area (Å²) in [5.41, 5.74) is 11.5. The van der Waals surface area contributed by atoms with Crippen LogP contribution in [0.4, 0.5) is 17.8 Å². The fourth-order valence-corrected chi connectivity index (χ4v) is 1.87. The molecule has 19 heavy (non-hydrogen) atoms. The van der Waals surface area contributed by atoms with E-state index in [0.29, 0.717) is 11.1 Å². The lowest BCUT2D eigenvalue weighted by atomic mass is 10.1. The first-order valence-corrected chi connectivity index (χ1v) is 5.33. The highest BCUT2D eigenvalue weighted by molar-refractivity contribution is 6.33. The molecule has 0 saturated heterocycles. The molecule has 1 aromatic carbocycles. The Morgan fingerprint density at radius 2 is 1.32 bits per heavy atom. The van der Waals surface area contributed by atoms with E-state index < -0.39 is 11.8 Å². The molecule has 0 unspecified atom stereocenters. The van der Waals surface area contributed by atoms with Gasteiger partial charge in [-0.25, -0.2) is 4.90 Å². The fraction of sp³-hybridized carbons (Fsp3) is 0. The third-order valence-electron chi connectivity index (χ3n) is 2.65. The molecule has 8 nitrogen and oxygen atoms in total. The molecule has 2 amide bonds. The van der Waals surface area contributed by atoms with Gasteiger partial charge in [0, 0.05) is 0 Å². The Labute approximate surface area is 107 Å². The van der Waals surface area contributed by atoms with Crippen molar-refractivity contribution >= 4 is 29.7 Å². The third kappa shape index (κ3) is 1.58. The Balaban J connectivity index is 2.14. The van der Waals surface area contributed by atoms with Crippen molar-refractivity contribution in [1.29, 1.82) is 0 Å². The van der Waals surface area contributed by atoms with E-state index in [-0.39, 0.29) is 17.8 Å². The van der Waals surface area contributed by atoms with Gasteiger partial charge in [-0.1, -0.05) is 12.1 Å². The van der Waals surface area contributed by atoms with Crippen LogP contribution in [0.25, 0.3) is 0 Å². The Bertz CT molecular complexity index is 659. The Kier molecular flexibility index (Phi) is 2.18. The lowest BCUT2D eigenvalue weighted by Crippen LogP contribution is -2.31. The van der Waals surface area contributed by atoms with Crippen LogP contribution in [0.2, 0.25) is 0 Å². The molecule has 3 rings (SSSR count). The van der Waals surface area contributed by atoms with Crippen molar-refractivity contribution in [1.82, 2.24) is 15.0 Å². The Morgan fingerprint density at radius 1 is 0.842 bits per heavy atom. The molecule has 2 heterocycles. The zero-order chi connectivity index (χ0) is 13.6. The van der Waals surface area contributed by atoms with Crippen LogP contribution in [-0.4, -0.2) is 26.8 Å². The van der Waals surface area contributed by atoms with E-state index in [2.05, 4.69) is 15.0 Å². The molecule has 1 aromatic heterocycles. The smallest absolute Gasteiger partial charge is 0.268 e. The number of fused-ring (bicyclic) bond motifs is 1. The minimum atomic E-state index is -0.509. The molecule has 94 valence electrons. The number of aromatic nitrogens is 3. The van der Waals surface area contributed by atoms with Gasteiger partial charge in [-0.05, 0) is 12.1 Å². The largest absolute Gasteiger partial charge is 0.368 e. The highest BCUT2D eigenvalue weighted by atomic mass is 16.2. The van der Waals surface area contributed by atoms with Crippen LogP contribution < -0.4 is 16.4 Å². The second-order valence-corrected chi connectivity index (χ2v) is 3.84. The highest BCUT2D eigenvalue weighted by Gasteiger charge is 2.38. The number of rotatable bonds is 1. The number of carbonyl (C=O) groups excluding carboxylic acids is 2. The van der Waals surface area contributed by atoms with Crippen molar-refractivity contribution in [3.63, 3.8) is 0 Å². The zero-order valence-electron chi connectivity index (χ0n) is 9.57. The summed E-state index contributed by atoms with van der Waals surface area (Å²) in [6.45, 7) is 0. The summed E-state index contributed by atoms with van der Waals surface area (Å²) in [5, 5.41) is 0. The standard InChI is InChI=1S/C11H8N6O2/c12-9-14-10(13)16-11(15-9)17-7(18)5-3-1-2-4-6(5)8(17)19/h1-4H,(H4,12,13,14,15,16). The van der Waals surface area contributed by atoms with Gasteiger partial charge >= 0.3 is 0 Å². The van der Waals surface area contributed by atoms with Gasteiger partial charge in [-0.15, -0.1) is 0 Å². The second kappa shape index (κ2) is 3.73. The summed E-state index contributed by atoms with van der Waals surface area (Å²) in [6, 6.07) is 6.46. The molecule has 8 heteroatoms. The molecule has 0 saturated carbocycles. The van der Waals surface area contributed by atoms with Gasteiger partial charge < -0.3 is 11.5 Å². The van der Waals surface area contributed by atoms with Crippen LogP contribution in [0.15, 0.2) is 24.3 Å². The molecule has 0 bridgehead atoms. The second-order valence-electron chi connectivity index (χ2n) is 3.84. The fourth-order valence-electron chi connectivity index (χ4n) is 1.87. The molecule has 0 aliphatic carbocycles. The van der Waals surface area contributed by atoms with Gasteiger partial charge in [0.05, 0.1) is 11.1 Å². The predicted octanol–water partition coefficient (Wildman–Crippen LogP) is -0.163. The summed E-state index contributed by atoms with van der Waals surface area (Å²) < 4.78 is 0. The van der Waals surface area contributed by atoms with Crippen molar-refractivity contribution in [3.8, 4) is 0 Å². The number of nitrogen functional groups attached to an aromatic ring is 2. The van der Waals surface area contributed by atoms with E-state index in [0.717, 1.165) is 4.90 Å². The first-order chi connectivity index (χ1) is 9.08. The molecule has 1 aliphatic heterocycles. The molecule has 4 N–H and O–H groups in total. The average molecular weight is 256 g/mol. The quantitative estimate of drug-likeness (QED) is 0.678. The van der Waals surface area contributed by atoms with Crippen molar-refractivity contribution in [3.05, 3.63) is 35.4 Å². The van der Waals surface area contributed by atoms with Crippen molar-refractivity contribution in [2.24, 2.45) is 0 Å². The highest BCUT2D eigenvalue weighted by Crippen LogP contribution is 2.26. The van der Waals surface area contributed by atoms with E-state index in [1.807, 2.05) is 0 Å². The molecule has 0 radical (unpaired) electrons. The Hall–Kier alpha value is -3.03. The maximum absolute atomic E-state index is 12.2. The average Bonchev–Trinajstić information content (AvgIpc) is 2.61. The maximum Gasteiger partial charge on any atom is 0.268 e. The summed E-state index contributed by atoms with van der Waals surface area (Å²) >= 11 is 0. The van der Waals surface area contributed by atoms with Crippen molar-refractivity contribution in [2.45, 2.75) is 0 Å². The third-order valence-corrected chi connectivity index (χ3v) is 2.65. The molecule has 1 aliphatic rings. The van der Waals surface area contributed by atoms with E-state index in [1.165, 1.54) is 0 Å². The zero-order valence-corrected chi connectivity index (χ0v) is 9.57. The number of hydrogen-bond acceptors (Lipinski definition) is 7. The summed E-state index contributed by atoms with van der Waals surface area (Å²) in [6.07, 6.45) is 0. The number of anilines is 3. The van der Waals surface area contributed by atoms with Crippen molar-refractivity contribution < 1.29 is 9.59 Å². The van der Waals surface area contributed by atoms with Gasteiger partial charge in [0.1, 0.15) is 0 Å². The lowest BCUT2D eigenvalue weighted by Gasteiger charge is -2.11. The van der Waals surface area contributed by atoms with Gasteiger partial charge in [-0.2, -0.15) is 15.0 Å². The molecule has 0 atom stereocenters. The van der Waals surface area contributed by atoms with Crippen LogP contribution in [0.5, 0.6) is 0 Å². The molecular formula is C11H8N6O2. The summed E-state index contributed by atoms with van der Waals surface area (Å²) in [5.74, 6) is -1.49. The van der Waals surface area contributed by atoms with E-state index >= 15 is 0 Å². The van der Waals surface area contributed by atoms with Gasteiger partial charge in [-0.3, -0.25) is 9.59 Å². The van der Waals surface area contributed by atoms with Crippen LogP contribution in [-0.2, 0) is 0 Å². The van der Waals surface area contributed by atoms with E-state index in [9.17, 15) is 9.59 Å². The molecule has 0 fully saturated rings. The topological polar surface area (TPSA) is 128 Å². The van der Waals surface area contributed by atoms with Crippen LogP contribution in [0.3, 0.4) is 0 Å². The van der Waals surface area contributed by atoms with Crippen LogP contribution >= 0.6 is 0 Å². The lowest BCUT2D eigenvalue weighted by molar-refractivity contribution is 0.0924. The van der Waals surface area contributed by atoms with E-state index in [4.69, 9.17) is 11.5 Å². The minimum Gasteiger partial charge on any atom is -0.368 e. The van der Waals surface area contributed by atoms with Crippen LogP contribution in [0, 0.1) is 0 Å². The predicted molar refractivity (Wildman–Crippen MR) is 66.2 cm³/mol. The number of carbonyl (C=O) groups is 2. The number of benzene rings is 1. The van der Waals surface area contributed by atoms with E-state index in [1.54, 1.807) is 24.3 Å². The maximum atomic E-state index is 12.2. The molecule has 2 aromatic rings. The number of amides is 2. The molecule has 0 spiro atoms. The van der Waals surface area contributed by atoms with Gasteiger partial charge in [0.15, 0.2) is 0 Å². The van der Waals surface area contributed by atoms with Crippen LogP contribution in [0.1, 0.15) is 20.7 Å². The number of nitrogens with two attached hydrogens (primary N) is 2. The number of nitrogens with zero attached hydrogens (tertiary/aromatic N) is 4. The normalized spacial score (nSPS) is 13.8. The summed E-state index contributed by atoms with van der Waals surface area (Å²) in [4.78, 5) is 36.2. The Morgan fingerprint density at radius 3 is 1.79 bits per heavy atom. The van der Waals surface area contributed by atoms with Gasteiger partial charge in [0.2, 0.25) is 17.8 Å². The first-order valence-electron chi connectivity index (χ1n) is 5.33. The number of hydrogen-bond donors (Lipinski definition) is 2. The number of imide groups is 1.